The summed E-state index contributed by atoms with van der Waals surface area (Å²) >= 11 is 0. The van der Waals surface area contributed by atoms with Crippen molar-refractivity contribution in [3.05, 3.63) is 12.4 Å². The third-order valence-corrected chi connectivity index (χ3v) is 5.24. The van der Waals surface area contributed by atoms with Crippen molar-refractivity contribution in [1.82, 2.24) is 19.8 Å². The molecule has 0 spiro atoms. The van der Waals surface area contributed by atoms with Crippen LogP contribution in [0, 0.1) is 5.92 Å². The van der Waals surface area contributed by atoms with Crippen LogP contribution in [-0.4, -0.2) is 50.5 Å². The molecule has 0 bridgehead atoms. The van der Waals surface area contributed by atoms with E-state index in [2.05, 4.69) is 15.1 Å². The Morgan fingerprint density at radius 3 is 2.95 bits per heavy atom. The molecule has 1 aromatic rings. The Bertz CT molecular complexity index is 562. The SMILES string of the molecule is O=S(=O)(NCC1CCOC1)c1cnn(CCNC2CC2)c1. The van der Waals surface area contributed by atoms with E-state index in [9.17, 15) is 8.42 Å². The van der Waals surface area contributed by atoms with Crippen LogP contribution in [0.5, 0.6) is 0 Å². The summed E-state index contributed by atoms with van der Waals surface area (Å²) in [6.07, 6.45) is 6.39. The Kier molecular flexibility index (Phi) is 4.58. The van der Waals surface area contributed by atoms with Crippen molar-refractivity contribution in [3.63, 3.8) is 0 Å². The van der Waals surface area contributed by atoms with Gasteiger partial charge in [-0.1, -0.05) is 0 Å². The molecule has 2 fully saturated rings. The first kappa shape index (κ1) is 15.0. The number of hydrogen-bond acceptors (Lipinski definition) is 5. The predicted molar refractivity (Wildman–Crippen MR) is 77.4 cm³/mol. The summed E-state index contributed by atoms with van der Waals surface area (Å²) in [4.78, 5) is 0.229. The summed E-state index contributed by atoms with van der Waals surface area (Å²) in [5, 5.41) is 7.49. The van der Waals surface area contributed by atoms with Crippen molar-refractivity contribution in [2.45, 2.75) is 36.7 Å². The molecule has 0 aromatic carbocycles. The number of ether oxygens (including phenoxy) is 1. The van der Waals surface area contributed by atoms with E-state index in [1.165, 1.54) is 19.0 Å². The fourth-order valence-corrected chi connectivity index (χ4v) is 3.40. The van der Waals surface area contributed by atoms with Crippen LogP contribution in [0.3, 0.4) is 0 Å². The number of nitrogens with zero attached hydrogens (tertiary/aromatic N) is 2. The van der Waals surface area contributed by atoms with Gasteiger partial charge in [0.2, 0.25) is 10.0 Å². The van der Waals surface area contributed by atoms with Gasteiger partial charge in [0.05, 0.1) is 19.3 Å². The molecule has 8 heteroatoms. The molecule has 1 aromatic heterocycles. The number of hydrogen-bond donors (Lipinski definition) is 2. The normalized spacial score (nSPS) is 22.8. The van der Waals surface area contributed by atoms with Gasteiger partial charge in [-0.25, -0.2) is 13.1 Å². The first-order chi connectivity index (χ1) is 10.1. The molecular formula is C13H22N4O3S. The van der Waals surface area contributed by atoms with Gasteiger partial charge in [0.15, 0.2) is 0 Å². The second-order valence-electron chi connectivity index (χ2n) is 5.75. The van der Waals surface area contributed by atoms with Gasteiger partial charge in [-0.05, 0) is 25.2 Å². The zero-order chi connectivity index (χ0) is 14.7. The lowest BCUT2D eigenvalue weighted by Gasteiger charge is -2.08. The third kappa shape index (κ3) is 4.26. The standard InChI is InChI=1S/C13H22N4O3S/c18-21(19,16-7-11-3-6-20-10-11)13-8-15-17(9-13)5-4-14-12-1-2-12/h8-9,11-12,14,16H,1-7,10H2. The molecule has 118 valence electrons. The lowest BCUT2D eigenvalue weighted by Crippen LogP contribution is -2.29. The number of nitrogens with one attached hydrogen (secondary N) is 2. The molecule has 1 saturated carbocycles. The Balaban J connectivity index is 1.50. The van der Waals surface area contributed by atoms with Gasteiger partial charge in [0.25, 0.3) is 0 Å². The maximum absolute atomic E-state index is 12.2. The third-order valence-electron chi connectivity index (χ3n) is 3.86. The summed E-state index contributed by atoms with van der Waals surface area (Å²) in [6.45, 7) is 3.28. The van der Waals surface area contributed by atoms with Crippen molar-refractivity contribution in [2.24, 2.45) is 5.92 Å². The van der Waals surface area contributed by atoms with E-state index in [1.54, 1.807) is 10.9 Å². The number of rotatable bonds is 8. The van der Waals surface area contributed by atoms with Crippen LogP contribution in [0.25, 0.3) is 0 Å². The highest BCUT2D eigenvalue weighted by Crippen LogP contribution is 2.18. The zero-order valence-corrected chi connectivity index (χ0v) is 12.8. The molecule has 0 radical (unpaired) electrons. The average Bonchev–Trinajstić information content (AvgIpc) is 2.94. The van der Waals surface area contributed by atoms with Gasteiger partial charge in [-0.15, -0.1) is 0 Å². The van der Waals surface area contributed by atoms with Crippen LogP contribution in [0.2, 0.25) is 0 Å². The lowest BCUT2D eigenvalue weighted by atomic mass is 10.1. The van der Waals surface area contributed by atoms with Crippen molar-refractivity contribution in [3.8, 4) is 0 Å². The first-order valence-electron chi connectivity index (χ1n) is 7.47. The second-order valence-corrected chi connectivity index (χ2v) is 7.52. The van der Waals surface area contributed by atoms with Crippen LogP contribution in [0.4, 0.5) is 0 Å². The molecule has 3 rings (SSSR count). The molecule has 21 heavy (non-hydrogen) atoms. The van der Waals surface area contributed by atoms with Crippen LogP contribution in [0.1, 0.15) is 19.3 Å². The molecule has 7 nitrogen and oxygen atoms in total. The topological polar surface area (TPSA) is 85.2 Å². The maximum Gasteiger partial charge on any atom is 0.243 e. The van der Waals surface area contributed by atoms with E-state index in [4.69, 9.17) is 4.74 Å². The van der Waals surface area contributed by atoms with Crippen molar-refractivity contribution in [2.75, 3.05) is 26.3 Å². The van der Waals surface area contributed by atoms with Gasteiger partial charge in [0.1, 0.15) is 4.90 Å². The monoisotopic (exact) mass is 314 g/mol. The smallest absolute Gasteiger partial charge is 0.243 e. The van der Waals surface area contributed by atoms with Crippen LogP contribution >= 0.6 is 0 Å². The molecule has 1 aliphatic carbocycles. The van der Waals surface area contributed by atoms with Crippen LogP contribution < -0.4 is 10.0 Å². The molecule has 1 atom stereocenters. The van der Waals surface area contributed by atoms with Gasteiger partial charge in [0, 0.05) is 31.9 Å². The van der Waals surface area contributed by atoms with E-state index in [-0.39, 0.29) is 10.8 Å². The molecule has 0 amide bonds. The van der Waals surface area contributed by atoms with Crippen LogP contribution in [-0.2, 0) is 21.3 Å². The Morgan fingerprint density at radius 2 is 2.24 bits per heavy atom. The number of sulfonamides is 1. The molecule has 1 aliphatic heterocycles. The molecule has 1 saturated heterocycles. The van der Waals surface area contributed by atoms with Crippen molar-refractivity contribution < 1.29 is 13.2 Å². The largest absolute Gasteiger partial charge is 0.381 e. The van der Waals surface area contributed by atoms with Gasteiger partial charge < -0.3 is 10.1 Å². The zero-order valence-electron chi connectivity index (χ0n) is 12.0. The first-order valence-corrected chi connectivity index (χ1v) is 8.95. The molecule has 1 unspecified atom stereocenters. The van der Waals surface area contributed by atoms with E-state index in [1.807, 2.05) is 0 Å². The summed E-state index contributed by atoms with van der Waals surface area (Å²) in [7, 11) is -3.47. The van der Waals surface area contributed by atoms with Gasteiger partial charge in [-0.3, -0.25) is 4.68 Å². The fourth-order valence-electron chi connectivity index (χ4n) is 2.33. The molecule has 2 N–H and O–H groups in total. The van der Waals surface area contributed by atoms with Crippen LogP contribution in [0.15, 0.2) is 17.3 Å². The minimum absolute atomic E-state index is 0.229. The summed E-state index contributed by atoms with van der Waals surface area (Å²) < 4.78 is 33.9. The van der Waals surface area contributed by atoms with Crippen molar-refractivity contribution >= 4 is 10.0 Å². The van der Waals surface area contributed by atoms with Gasteiger partial charge in [-0.2, -0.15) is 5.10 Å². The highest BCUT2D eigenvalue weighted by Gasteiger charge is 2.22. The highest BCUT2D eigenvalue weighted by molar-refractivity contribution is 7.89. The highest BCUT2D eigenvalue weighted by atomic mass is 32.2. The maximum atomic E-state index is 12.2. The summed E-state index contributed by atoms with van der Waals surface area (Å²) in [5.41, 5.74) is 0. The minimum Gasteiger partial charge on any atom is -0.381 e. The Labute approximate surface area is 125 Å². The van der Waals surface area contributed by atoms with E-state index in [0.29, 0.717) is 25.7 Å². The number of aromatic nitrogens is 2. The summed E-state index contributed by atoms with van der Waals surface area (Å²) in [5.74, 6) is 0.276. The average molecular weight is 314 g/mol. The predicted octanol–water partition coefficient (Wildman–Crippen LogP) is -0.0501. The second kappa shape index (κ2) is 6.43. The quantitative estimate of drug-likeness (QED) is 0.703. The molecular weight excluding hydrogens is 292 g/mol. The Morgan fingerprint density at radius 1 is 1.38 bits per heavy atom. The Hall–Kier alpha value is -0.960. The van der Waals surface area contributed by atoms with E-state index < -0.39 is 10.0 Å². The summed E-state index contributed by atoms with van der Waals surface area (Å²) in [6, 6.07) is 0.652. The van der Waals surface area contributed by atoms with E-state index in [0.717, 1.165) is 19.6 Å². The van der Waals surface area contributed by atoms with Gasteiger partial charge >= 0.3 is 0 Å². The molecule has 2 heterocycles. The van der Waals surface area contributed by atoms with Crippen molar-refractivity contribution in [1.29, 1.82) is 0 Å². The molecule has 2 aliphatic rings. The minimum atomic E-state index is -3.47. The fraction of sp³-hybridized carbons (Fsp3) is 0.769. The lowest BCUT2D eigenvalue weighted by molar-refractivity contribution is 0.186. The van der Waals surface area contributed by atoms with E-state index >= 15 is 0 Å².